The van der Waals surface area contributed by atoms with Crippen molar-refractivity contribution in [3.63, 3.8) is 0 Å². The fourth-order valence-corrected chi connectivity index (χ4v) is 4.18. The van der Waals surface area contributed by atoms with Gasteiger partial charge in [-0.15, -0.1) is 0 Å². The summed E-state index contributed by atoms with van der Waals surface area (Å²) in [5.74, 6) is -1.02. The van der Waals surface area contributed by atoms with Gasteiger partial charge in [0.25, 0.3) is 0 Å². The number of hydrogen-bond donors (Lipinski definition) is 2. The van der Waals surface area contributed by atoms with Crippen molar-refractivity contribution in [3.05, 3.63) is 53.6 Å². The van der Waals surface area contributed by atoms with Crippen molar-refractivity contribution in [3.8, 4) is 5.75 Å². The number of carboxylic acids is 1. The number of methoxy groups -OCH3 is 1. The van der Waals surface area contributed by atoms with E-state index < -0.39 is 5.97 Å². The minimum absolute atomic E-state index is 0.0242. The second kappa shape index (κ2) is 10.0. The monoisotopic (exact) mass is 453 g/mol. The molecule has 1 fully saturated rings. The topological polar surface area (TPSA) is 108 Å². The predicted octanol–water partition coefficient (Wildman–Crippen LogP) is 2.04. The molecule has 2 heterocycles. The summed E-state index contributed by atoms with van der Waals surface area (Å²) in [6, 6.07) is 11.8. The highest BCUT2D eigenvalue weighted by molar-refractivity contribution is 6.12. The molecule has 9 heteroatoms. The third-order valence-corrected chi connectivity index (χ3v) is 5.89. The van der Waals surface area contributed by atoms with Gasteiger partial charge in [0, 0.05) is 18.7 Å². The number of nitrogens with zero attached hydrogens (tertiary/aromatic N) is 2. The number of rotatable bonds is 8. The van der Waals surface area contributed by atoms with E-state index in [0.717, 1.165) is 25.0 Å². The van der Waals surface area contributed by atoms with Crippen LogP contribution in [0.25, 0.3) is 0 Å². The molecule has 174 valence electrons. The minimum atomic E-state index is -1.10. The van der Waals surface area contributed by atoms with Gasteiger partial charge in [-0.2, -0.15) is 0 Å². The number of carboxylic acid groups (broad SMARTS) is 1. The van der Waals surface area contributed by atoms with Crippen LogP contribution in [-0.2, 0) is 20.9 Å². The van der Waals surface area contributed by atoms with Gasteiger partial charge in [0.15, 0.2) is 0 Å². The number of nitrogens with one attached hydrogen (secondary N) is 1. The Morgan fingerprint density at radius 1 is 1.21 bits per heavy atom. The Morgan fingerprint density at radius 3 is 2.76 bits per heavy atom. The van der Waals surface area contributed by atoms with Gasteiger partial charge in [0.1, 0.15) is 12.3 Å². The quantitative estimate of drug-likeness (QED) is 0.630. The van der Waals surface area contributed by atoms with Crippen LogP contribution in [0.3, 0.4) is 0 Å². The molecule has 9 nitrogen and oxygen atoms in total. The third kappa shape index (κ3) is 4.99. The molecule has 2 aromatic carbocycles. The Bertz CT molecular complexity index is 1050. The molecule has 4 rings (SSSR count). The summed E-state index contributed by atoms with van der Waals surface area (Å²) in [4.78, 5) is 40.6. The second-order valence-corrected chi connectivity index (χ2v) is 8.05. The molecule has 1 unspecified atom stereocenters. The highest BCUT2D eigenvalue weighted by Gasteiger charge is 2.33. The molecular formula is C24H27N3O6. The molecule has 33 heavy (non-hydrogen) atoms. The minimum Gasteiger partial charge on any atom is -0.496 e. The van der Waals surface area contributed by atoms with E-state index in [2.05, 4.69) is 5.32 Å². The Hall–Kier alpha value is -3.43. The molecular weight excluding hydrogens is 426 g/mol. The lowest BCUT2D eigenvalue weighted by Gasteiger charge is -2.36. The SMILES string of the molecule is COc1ccccc1CN1C(=O)CN(C(=O)CNCC2CCCO2)c2cc(C(=O)O)ccc21. The van der Waals surface area contributed by atoms with Crippen LogP contribution in [0.1, 0.15) is 28.8 Å². The Balaban J connectivity index is 1.59. The molecule has 2 amide bonds. The van der Waals surface area contributed by atoms with E-state index in [0.29, 0.717) is 23.7 Å². The van der Waals surface area contributed by atoms with Crippen molar-refractivity contribution in [1.29, 1.82) is 0 Å². The first kappa shape index (κ1) is 22.8. The van der Waals surface area contributed by atoms with Crippen LogP contribution in [0.15, 0.2) is 42.5 Å². The van der Waals surface area contributed by atoms with Crippen molar-refractivity contribution < 1.29 is 29.0 Å². The first-order valence-corrected chi connectivity index (χ1v) is 10.9. The molecule has 0 aliphatic carbocycles. The summed E-state index contributed by atoms with van der Waals surface area (Å²) in [5.41, 5.74) is 1.73. The van der Waals surface area contributed by atoms with Gasteiger partial charge in [-0.1, -0.05) is 18.2 Å². The average molecular weight is 453 g/mol. The van der Waals surface area contributed by atoms with Gasteiger partial charge < -0.3 is 24.8 Å². The molecule has 2 aliphatic rings. The maximum Gasteiger partial charge on any atom is 0.335 e. The number of amides is 2. The predicted molar refractivity (Wildman–Crippen MR) is 122 cm³/mol. The smallest absolute Gasteiger partial charge is 0.335 e. The van der Waals surface area contributed by atoms with E-state index in [1.54, 1.807) is 18.1 Å². The van der Waals surface area contributed by atoms with Crippen molar-refractivity contribution in [2.75, 3.05) is 43.2 Å². The summed E-state index contributed by atoms with van der Waals surface area (Å²) >= 11 is 0. The maximum absolute atomic E-state index is 13.1. The van der Waals surface area contributed by atoms with Gasteiger partial charge >= 0.3 is 5.97 Å². The van der Waals surface area contributed by atoms with Gasteiger partial charge in [0.2, 0.25) is 11.8 Å². The van der Waals surface area contributed by atoms with E-state index >= 15 is 0 Å². The normalized spacial score (nSPS) is 17.7. The molecule has 1 saturated heterocycles. The summed E-state index contributed by atoms with van der Waals surface area (Å²) in [6.45, 7) is 1.37. The van der Waals surface area contributed by atoms with Crippen LogP contribution in [0, 0.1) is 0 Å². The van der Waals surface area contributed by atoms with E-state index in [9.17, 15) is 19.5 Å². The Morgan fingerprint density at radius 2 is 2.03 bits per heavy atom. The largest absolute Gasteiger partial charge is 0.496 e. The molecule has 2 N–H and O–H groups in total. The number of benzene rings is 2. The lowest BCUT2D eigenvalue weighted by molar-refractivity contribution is -0.122. The van der Waals surface area contributed by atoms with Crippen LogP contribution in [0.2, 0.25) is 0 Å². The van der Waals surface area contributed by atoms with E-state index in [1.807, 2.05) is 24.3 Å². The van der Waals surface area contributed by atoms with Crippen LogP contribution in [0.5, 0.6) is 5.75 Å². The van der Waals surface area contributed by atoms with Gasteiger partial charge in [-0.25, -0.2) is 4.79 Å². The van der Waals surface area contributed by atoms with Gasteiger partial charge in [0.05, 0.1) is 43.2 Å². The highest BCUT2D eigenvalue weighted by Crippen LogP contribution is 2.36. The summed E-state index contributed by atoms with van der Waals surface area (Å²) < 4.78 is 11.0. The third-order valence-electron chi connectivity index (χ3n) is 5.89. The maximum atomic E-state index is 13.1. The number of aromatic carboxylic acids is 1. The number of anilines is 2. The van der Waals surface area contributed by atoms with Crippen LogP contribution >= 0.6 is 0 Å². The molecule has 0 spiro atoms. The first-order valence-electron chi connectivity index (χ1n) is 10.9. The van der Waals surface area contributed by atoms with E-state index in [1.165, 1.54) is 17.0 Å². The molecule has 2 aliphatic heterocycles. The second-order valence-electron chi connectivity index (χ2n) is 8.05. The number of fused-ring (bicyclic) bond motifs is 1. The van der Waals surface area contributed by atoms with Crippen molar-refractivity contribution in [2.45, 2.75) is 25.5 Å². The number of hydrogen-bond acceptors (Lipinski definition) is 6. The number of carbonyl (C=O) groups is 3. The Kier molecular flexibility index (Phi) is 6.90. The van der Waals surface area contributed by atoms with Gasteiger partial charge in [-0.05, 0) is 37.1 Å². The van der Waals surface area contributed by atoms with Crippen molar-refractivity contribution in [1.82, 2.24) is 5.32 Å². The van der Waals surface area contributed by atoms with Crippen LogP contribution in [0.4, 0.5) is 11.4 Å². The lowest BCUT2D eigenvalue weighted by Crippen LogP contribution is -2.50. The standard InChI is InChI=1S/C24H27N3O6/c1-32-21-7-3-2-5-17(21)14-26-19-9-8-16(24(30)31)11-20(19)27(15-23(26)29)22(28)13-25-12-18-6-4-10-33-18/h2-3,5,7-9,11,18,25H,4,6,10,12-15H2,1H3,(H,30,31). The fraction of sp³-hybridized carbons (Fsp3) is 0.375. The molecule has 0 saturated carbocycles. The van der Waals surface area contributed by atoms with Crippen molar-refractivity contribution >= 4 is 29.2 Å². The summed E-state index contributed by atoms with van der Waals surface area (Å²) in [5, 5.41) is 12.6. The fourth-order valence-electron chi connectivity index (χ4n) is 4.18. The Labute approximate surface area is 191 Å². The number of carbonyl (C=O) groups excluding carboxylic acids is 2. The highest BCUT2D eigenvalue weighted by atomic mass is 16.5. The first-order chi connectivity index (χ1) is 16.0. The molecule has 0 radical (unpaired) electrons. The van der Waals surface area contributed by atoms with Gasteiger partial charge in [-0.3, -0.25) is 14.5 Å². The zero-order valence-electron chi connectivity index (χ0n) is 18.5. The zero-order valence-corrected chi connectivity index (χ0v) is 18.5. The van der Waals surface area contributed by atoms with Crippen molar-refractivity contribution in [2.24, 2.45) is 0 Å². The van der Waals surface area contributed by atoms with Crippen LogP contribution in [-0.4, -0.2) is 62.3 Å². The average Bonchev–Trinajstić information content (AvgIpc) is 3.34. The molecule has 0 bridgehead atoms. The van der Waals surface area contributed by atoms with Crippen LogP contribution < -0.4 is 19.9 Å². The lowest BCUT2D eigenvalue weighted by atomic mass is 10.1. The van der Waals surface area contributed by atoms with E-state index in [-0.39, 0.29) is 43.1 Å². The molecule has 2 aromatic rings. The molecule has 0 aromatic heterocycles. The number of para-hydroxylation sites is 1. The van der Waals surface area contributed by atoms with E-state index in [4.69, 9.17) is 9.47 Å². The number of ether oxygens (including phenoxy) is 2. The summed E-state index contributed by atoms with van der Waals surface area (Å²) in [6.07, 6.45) is 2.04. The summed E-state index contributed by atoms with van der Waals surface area (Å²) in [7, 11) is 1.56. The zero-order chi connectivity index (χ0) is 23.4. The molecule has 1 atom stereocenters.